The standard InChI is InChI=1S/C13H19N3O2/c1-14-10-6-7-15-12(8-10)13(18)16-9-2-4-11(17)5-3-9/h6-9,11,17H,2-5H2,1H3,(H,14,15)(H,16,18). The van der Waals surface area contributed by atoms with Gasteiger partial charge < -0.3 is 15.7 Å². The van der Waals surface area contributed by atoms with Crippen molar-refractivity contribution in [3.8, 4) is 0 Å². The molecule has 1 aliphatic carbocycles. The molecule has 0 saturated heterocycles. The van der Waals surface area contributed by atoms with Gasteiger partial charge in [-0.3, -0.25) is 9.78 Å². The largest absolute Gasteiger partial charge is 0.393 e. The van der Waals surface area contributed by atoms with Gasteiger partial charge in [-0.05, 0) is 37.8 Å². The van der Waals surface area contributed by atoms with Gasteiger partial charge in [0.2, 0.25) is 0 Å². The molecule has 0 bridgehead atoms. The molecule has 1 aromatic heterocycles. The van der Waals surface area contributed by atoms with Crippen molar-refractivity contribution in [2.24, 2.45) is 0 Å². The molecule has 3 N–H and O–H groups in total. The Morgan fingerprint density at radius 1 is 1.39 bits per heavy atom. The van der Waals surface area contributed by atoms with Crippen LogP contribution in [-0.4, -0.2) is 35.2 Å². The van der Waals surface area contributed by atoms with E-state index in [0.29, 0.717) is 5.69 Å². The summed E-state index contributed by atoms with van der Waals surface area (Å²) in [6.45, 7) is 0. The summed E-state index contributed by atoms with van der Waals surface area (Å²) in [4.78, 5) is 16.1. The van der Waals surface area contributed by atoms with Crippen LogP contribution in [0.1, 0.15) is 36.2 Å². The highest BCUT2D eigenvalue weighted by atomic mass is 16.3. The summed E-state index contributed by atoms with van der Waals surface area (Å²) in [5.41, 5.74) is 1.29. The first-order valence-corrected chi connectivity index (χ1v) is 6.32. The monoisotopic (exact) mass is 249 g/mol. The zero-order chi connectivity index (χ0) is 13.0. The molecule has 1 aromatic rings. The average molecular weight is 249 g/mol. The summed E-state index contributed by atoms with van der Waals surface area (Å²) >= 11 is 0. The first-order chi connectivity index (χ1) is 8.69. The average Bonchev–Trinajstić information content (AvgIpc) is 2.41. The third-order valence-electron chi connectivity index (χ3n) is 3.31. The molecule has 0 spiro atoms. The third-order valence-corrected chi connectivity index (χ3v) is 3.31. The Morgan fingerprint density at radius 3 is 2.78 bits per heavy atom. The van der Waals surface area contributed by atoms with Gasteiger partial charge in [-0.15, -0.1) is 0 Å². The van der Waals surface area contributed by atoms with Crippen LogP contribution in [0, 0.1) is 0 Å². The molecule has 5 heteroatoms. The zero-order valence-corrected chi connectivity index (χ0v) is 10.5. The lowest BCUT2D eigenvalue weighted by molar-refractivity contribution is 0.0863. The number of hydrogen-bond donors (Lipinski definition) is 3. The van der Waals surface area contributed by atoms with Gasteiger partial charge >= 0.3 is 0 Å². The van der Waals surface area contributed by atoms with E-state index >= 15 is 0 Å². The van der Waals surface area contributed by atoms with Crippen molar-refractivity contribution in [1.82, 2.24) is 10.3 Å². The number of aromatic nitrogens is 1. The Kier molecular flexibility index (Phi) is 4.15. The van der Waals surface area contributed by atoms with Crippen LogP contribution in [0.2, 0.25) is 0 Å². The number of pyridine rings is 1. The maximum absolute atomic E-state index is 12.0. The van der Waals surface area contributed by atoms with Crippen molar-refractivity contribution in [1.29, 1.82) is 0 Å². The lowest BCUT2D eigenvalue weighted by Crippen LogP contribution is -2.38. The summed E-state index contributed by atoms with van der Waals surface area (Å²) in [6.07, 6.45) is 4.59. The van der Waals surface area contributed by atoms with Gasteiger partial charge in [0.25, 0.3) is 5.91 Å². The van der Waals surface area contributed by atoms with Gasteiger partial charge in [0.1, 0.15) is 5.69 Å². The molecule has 5 nitrogen and oxygen atoms in total. The summed E-state index contributed by atoms with van der Waals surface area (Å²) in [7, 11) is 1.81. The van der Waals surface area contributed by atoms with E-state index in [-0.39, 0.29) is 18.1 Å². The number of aliphatic hydroxyl groups excluding tert-OH is 1. The topological polar surface area (TPSA) is 74.2 Å². The van der Waals surface area contributed by atoms with Crippen molar-refractivity contribution in [3.05, 3.63) is 24.0 Å². The molecule has 1 saturated carbocycles. The third kappa shape index (κ3) is 3.20. The molecule has 1 fully saturated rings. The quantitative estimate of drug-likeness (QED) is 0.751. The first kappa shape index (κ1) is 12.8. The fraction of sp³-hybridized carbons (Fsp3) is 0.538. The van der Waals surface area contributed by atoms with Gasteiger partial charge in [-0.25, -0.2) is 0 Å². The van der Waals surface area contributed by atoms with Crippen LogP contribution in [0.4, 0.5) is 5.69 Å². The van der Waals surface area contributed by atoms with Gasteiger partial charge in [0.05, 0.1) is 6.10 Å². The second kappa shape index (κ2) is 5.82. The van der Waals surface area contributed by atoms with Crippen LogP contribution < -0.4 is 10.6 Å². The van der Waals surface area contributed by atoms with Crippen LogP contribution in [0.15, 0.2) is 18.3 Å². The Balaban J connectivity index is 1.94. The minimum absolute atomic E-state index is 0.145. The molecule has 0 aliphatic heterocycles. The van der Waals surface area contributed by atoms with Crippen molar-refractivity contribution < 1.29 is 9.90 Å². The van der Waals surface area contributed by atoms with E-state index < -0.39 is 0 Å². The van der Waals surface area contributed by atoms with Crippen molar-refractivity contribution in [2.45, 2.75) is 37.8 Å². The smallest absolute Gasteiger partial charge is 0.270 e. The summed E-state index contributed by atoms with van der Waals surface area (Å²) in [5, 5.41) is 15.4. The van der Waals surface area contributed by atoms with E-state index in [4.69, 9.17) is 0 Å². The van der Waals surface area contributed by atoms with Gasteiger partial charge in [-0.2, -0.15) is 0 Å². The molecule has 0 unspecified atom stereocenters. The molecular weight excluding hydrogens is 230 g/mol. The summed E-state index contributed by atoms with van der Waals surface area (Å²) in [5.74, 6) is -0.145. The highest BCUT2D eigenvalue weighted by Gasteiger charge is 2.21. The predicted molar refractivity (Wildman–Crippen MR) is 69.5 cm³/mol. The number of nitrogens with zero attached hydrogens (tertiary/aromatic N) is 1. The zero-order valence-electron chi connectivity index (χ0n) is 10.5. The molecule has 98 valence electrons. The maximum atomic E-state index is 12.0. The van der Waals surface area contributed by atoms with Crippen LogP contribution in [0.25, 0.3) is 0 Å². The fourth-order valence-corrected chi connectivity index (χ4v) is 2.19. The predicted octanol–water partition coefficient (Wildman–Crippen LogP) is 1.16. The van der Waals surface area contributed by atoms with Crippen LogP contribution in [-0.2, 0) is 0 Å². The number of hydrogen-bond acceptors (Lipinski definition) is 4. The maximum Gasteiger partial charge on any atom is 0.270 e. The normalized spacial score (nSPS) is 23.4. The Bertz CT molecular complexity index is 414. The van der Waals surface area contributed by atoms with Crippen molar-refractivity contribution in [3.63, 3.8) is 0 Å². The van der Waals surface area contributed by atoms with E-state index in [9.17, 15) is 9.90 Å². The van der Waals surface area contributed by atoms with Crippen LogP contribution in [0.5, 0.6) is 0 Å². The van der Waals surface area contributed by atoms with E-state index in [1.165, 1.54) is 0 Å². The number of rotatable bonds is 3. The molecule has 18 heavy (non-hydrogen) atoms. The molecule has 1 aliphatic rings. The summed E-state index contributed by atoms with van der Waals surface area (Å²) in [6, 6.07) is 3.70. The summed E-state index contributed by atoms with van der Waals surface area (Å²) < 4.78 is 0. The van der Waals surface area contributed by atoms with E-state index in [1.54, 1.807) is 19.3 Å². The molecule has 0 radical (unpaired) electrons. The van der Waals surface area contributed by atoms with Crippen molar-refractivity contribution >= 4 is 11.6 Å². The van der Waals surface area contributed by atoms with Gasteiger partial charge in [0, 0.05) is 25.0 Å². The van der Waals surface area contributed by atoms with Crippen LogP contribution >= 0.6 is 0 Å². The number of aliphatic hydroxyl groups is 1. The van der Waals surface area contributed by atoms with E-state index in [1.807, 2.05) is 6.07 Å². The van der Waals surface area contributed by atoms with Crippen LogP contribution in [0.3, 0.4) is 0 Å². The molecule has 1 heterocycles. The highest BCUT2D eigenvalue weighted by Crippen LogP contribution is 2.18. The van der Waals surface area contributed by atoms with Gasteiger partial charge in [0.15, 0.2) is 0 Å². The second-order valence-corrected chi connectivity index (χ2v) is 4.66. The number of anilines is 1. The second-order valence-electron chi connectivity index (χ2n) is 4.66. The molecule has 1 amide bonds. The Hall–Kier alpha value is -1.62. The number of carbonyl (C=O) groups excluding carboxylic acids is 1. The molecule has 0 aromatic carbocycles. The first-order valence-electron chi connectivity index (χ1n) is 6.32. The van der Waals surface area contributed by atoms with E-state index in [0.717, 1.165) is 31.4 Å². The SMILES string of the molecule is CNc1ccnc(C(=O)NC2CCC(O)CC2)c1. The molecular formula is C13H19N3O2. The fourth-order valence-electron chi connectivity index (χ4n) is 2.19. The number of nitrogens with one attached hydrogen (secondary N) is 2. The number of carbonyl (C=O) groups is 1. The van der Waals surface area contributed by atoms with Gasteiger partial charge in [-0.1, -0.05) is 0 Å². The molecule has 2 rings (SSSR count). The minimum Gasteiger partial charge on any atom is -0.393 e. The Labute approximate surface area is 107 Å². The minimum atomic E-state index is -0.205. The van der Waals surface area contributed by atoms with E-state index in [2.05, 4.69) is 15.6 Å². The molecule has 0 atom stereocenters. The Morgan fingerprint density at radius 2 is 2.11 bits per heavy atom. The number of amides is 1. The lowest BCUT2D eigenvalue weighted by atomic mass is 9.93. The highest BCUT2D eigenvalue weighted by molar-refractivity contribution is 5.93. The lowest BCUT2D eigenvalue weighted by Gasteiger charge is -2.26. The van der Waals surface area contributed by atoms with Crippen molar-refractivity contribution in [2.75, 3.05) is 12.4 Å².